The van der Waals surface area contributed by atoms with Crippen molar-refractivity contribution in [2.75, 3.05) is 12.0 Å². The maximum absolute atomic E-state index is 12.7. The molecule has 7 heteroatoms. The molecular weight excluding hydrogens is 356 g/mol. The lowest BCUT2D eigenvalue weighted by Crippen LogP contribution is -2.49. The molecule has 1 unspecified atom stereocenters. The summed E-state index contributed by atoms with van der Waals surface area (Å²) in [5.74, 6) is 0.514. The summed E-state index contributed by atoms with van der Waals surface area (Å²) in [4.78, 5) is 12.9. The smallest absolute Gasteiger partial charge is 0.241 e. The van der Waals surface area contributed by atoms with Gasteiger partial charge in [-0.1, -0.05) is 43.9 Å². The Labute approximate surface area is 155 Å². The third-order valence-corrected chi connectivity index (χ3v) is 6.61. The van der Waals surface area contributed by atoms with Crippen molar-refractivity contribution >= 4 is 27.7 Å². The first-order valence-electron chi connectivity index (χ1n) is 8.89. The van der Waals surface area contributed by atoms with Crippen LogP contribution in [-0.4, -0.2) is 38.4 Å². The highest BCUT2D eigenvalue weighted by atomic mass is 32.2. The van der Waals surface area contributed by atoms with E-state index >= 15 is 0 Å². The Kier molecular flexibility index (Phi) is 8.26. The third-order valence-electron chi connectivity index (χ3n) is 4.48. The quantitative estimate of drug-likeness (QED) is 0.676. The maximum atomic E-state index is 12.7. The highest BCUT2D eigenvalue weighted by Crippen LogP contribution is 2.18. The lowest BCUT2D eigenvalue weighted by atomic mass is 10.1. The molecule has 0 spiro atoms. The van der Waals surface area contributed by atoms with Crippen molar-refractivity contribution in [3.63, 3.8) is 0 Å². The molecule has 0 aliphatic heterocycles. The van der Waals surface area contributed by atoms with Gasteiger partial charge in [-0.15, -0.1) is 0 Å². The van der Waals surface area contributed by atoms with Crippen LogP contribution in [0.2, 0.25) is 0 Å². The molecular formula is C18H28N2O3S2. The van der Waals surface area contributed by atoms with E-state index in [4.69, 9.17) is 0 Å². The fourth-order valence-electron chi connectivity index (χ4n) is 3.06. The second-order valence-electron chi connectivity index (χ2n) is 6.47. The summed E-state index contributed by atoms with van der Waals surface area (Å²) < 4.78 is 27.7. The van der Waals surface area contributed by atoms with Gasteiger partial charge in [0.1, 0.15) is 6.04 Å². The van der Waals surface area contributed by atoms with Crippen molar-refractivity contribution in [2.45, 2.75) is 61.9 Å². The second kappa shape index (κ2) is 10.2. The monoisotopic (exact) mass is 384 g/mol. The molecule has 1 amide bonds. The molecule has 1 fully saturated rings. The minimum absolute atomic E-state index is 0.160. The number of benzene rings is 1. The van der Waals surface area contributed by atoms with Gasteiger partial charge < -0.3 is 5.32 Å². The Hall–Kier alpha value is -1.05. The first-order chi connectivity index (χ1) is 12.0. The summed E-state index contributed by atoms with van der Waals surface area (Å²) in [7, 11) is -3.70. The first-order valence-corrected chi connectivity index (χ1v) is 11.8. The Morgan fingerprint density at radius 3 is 2.40 bits per heavy atom. The molecule has 1 aromatic carbocycles. The number of carbonyl (C=O) groups excluding carboxylic acids is 1. The van der Waals surface area contributed by atoms with E-state index in [-0.39, 0.29) is 16.8 Å². The maximum Gasteiger partial charge on any atom is 0.241 e. The van der Waals surface area contributed by atoms with Gasteiger partial charge in [0, 0.05) is 6.04 Å². The lowest BCUT2D eigenvalue weighted by Gasteiger charge is -2.22. The van der Waals surface area contributed by atoms with Crippen molar-refractivity contribution < 1.29 is 13.2 Å². The molecule has 0 heterocycles. The number of hydrogen-bond donors (Lipinski definition) is 2. The van der Waals surface area contributed by atoms with Crippen LogP contribution in [0.5, 0.6) is 0 Å². The SMILES string of the molecule is CSCCC(NS(=O)(=O)c1ccccc1)C(=O)NC1CCCCCC1. The zero-order valence-corrected chi connectivity index (χ0v) is 16.4. The Morgan fingerprint density at radius 1 is 1.16 bits per heavy atom. The molecule has 2 N–H and O–H groups in total. The average molecular weight is 385 g/mol. The highest BCUT2D eigenvalue weighted by molar-refractivity contribution is 7.98. The normalized spacial score (nSPS) is 17.6. The fourth-order valence-corrected chi connectivity index (χ4v) is 4.78. The number of hydrogen-bond acceptors (Lipinski definition) is 4. The summed E-state index contributed by atoms with van der Waals surface area (Å²) in [5, 5.41) is 3.07. The van der Waals surface area contributed by atoms with Gasteiger partial charge in [0.15, 0.2) is 0 Å². The average Bonchev–Trinajstić information content (AvgIpc) is 2.88. The van der Waals surface area contributed by atoms with E-state index in [2.05, 4.69) is 10.0 Å². The molecule has 1 atom stereocenters. The largest absolute Gasteiger partial charge is 0.352 e. The Bertz CT molecular complexity index is 627. The molecule has 5 nitrogen and oxygen atoms in total. The lowest BCUT2D eigenvalue weighted by molar-refractivity contribution is -0.123. The van der Waals surface area contributed by atoms with E-state index in [0.29, 0.717) is 6.42 Å². The minimum atomic E-state index is -3.70. The highest BCUT2D eigenvalue weighted by Gasteiger charge is 2.27. The van der Waals surface area contributed by atoms with Crippen LogP contribution in [0.1, 0.15) is 44.9 Å². The topological polar surface area (TPSA) is 75.3 Å². The molecule has 1 saturated carbocycles. The van der Waals surface area contributed by atoms with Crippen LogP contribution in [0, 0.1) is 0 Å². The molecule has 25 heavy (non-hydrogen) atoms. The van der Waals surface area contributed by atoms with E-state index in [1.165, 1.54) is 25.0 Å². The predicted molar refractivity (Wildman–Crippen MR) is 103 cm³/mol. The minimum Gasteiger partial charge on any atom is -0.352 e. The van der Waals surface area contributed by atoms with Gasteiger partial charge in [-0.25, -0.2) is 8.42 Å². The Morgan fingerprint density at radius 2 is 1.80 bits per heavy atom. The fraction of sp³-hybridized carbons (Fsp3) is 0.611. The summed E-state index contributed by atoms with van der Waals surface area (Å²) in [6.45, 7) is 0. The number of amides is 1. The van der Waals surface area contributed by atoms with Gasteiger partial charge in [-0.3, -0.25) is 4.79 Å². The number of nitrogens with one attached hydrogen (secondary N) is 2. The zero-order valence-electron chi connectivity index (χ0n) is 14.7. The van der Waals surface area contributed by atoms with Crippen LogP contribution in [-0.2, 0) is 14.8 Å². The standard InChI is InChI=1S/C18H28N2O3S2/c1-24-14-13-17(18(21)19-15-9-5-2-3-6-10-15)20-25(22,23)16-11-7-4-8-12-16/h4,7-8,11-12,15,17,20H,2-3,5-6,9-10,13-14H2,1H3,(H,19,21). The van der Waals surface area contributed by atoms with E-state index in [0.717, 1.165) is 31.4 Å². The molecule has 2 rings (SSSR count). The molecule has 0 saturated heterocycles. The molecule has 0 radical (unpaired) electrons. The van der Waals surface area contributed by atoms with Gasteiger partial charge in [-0.05, 0) is 43.4 Å². The summed E-state index contributed by atoms with van der Waals surface area (Å²) in [6, 6.07) is 7.62. The van der Waals surface area contributed by atoms with Crippen molar-refractivity contribution in [2.24, 2.45) is 0 Å². The van der Waals surface area contributed by atoms with E-state index < -0.39 is 16.1 Å². The molecule has 1 aromatic rings. The van der Waals surface area contributed by atoms with E-state index in [1.807, 2.05) is 6.26 Å². The van der Waals surface area contributed by atoms with Crippen LogP contribution in [0.3, 0.4) is 0 Å². The van der Waals surface area contributed by atoms with Gasteiger partial charge in [0.2, 0.25) is 15.9 Å². The first kappa shape index (κ1) is 20.3. The van der Waals surface area contributed by atoms with Crippen LogP contribution in [0.25, 0.3) is 0 Å². The van der Waals surface area contributed by atoms with Crippen LogP contribution in [0.15, 0.2) is 35.2 Å². The molecule has 1 aliphatic carbocycles. The van der Waals surface area contributed by atoms with Gasteiger partial charge in [-0.2, -0.15) is 16.5 Å². The summed E-state index contributed by atoms with van der Waals surface area (Å²) in [6.07, 6.45) is 9.05. The van der Waals surface area contributed by atoms with Crippen molar-refractivity contribution in [3.05, 3.63) is 30.3 Å². The second-order valence-corrected chi connectivity index (χ2v) is 9.17. The van der Waals surface area contributed by atoms with Crippen molar-refractivity contribution in [1.82, 2.24) is 10.0 Å². The molecule has 0 bridgehead atoms. The van der Waals surface area contributed by atoms with E-state index in [1.54, 1.807) is 30.0 Å². The van der Waals surface area contributed by atoms with Gasteiger partial charge in [0.05, 0.1) is 4.90 Å². The van der Waals surface area contributed by atoms with E-state index in [9.17, 15) is 13.2 Å². The molecule has 1 aliphatic rings. The number of carbonyl (C=O) groups is 1. The van der Waals surface area contributed by atoms with Crippen LogP contribution in [0.4, 0.5) is 0 Å². The number of rotatable bonds is 8. The van der Waals surface area contributed by atoms with Crippen molar-refractivity contribution in [3.8, 4) is 0 Å². The predicted octanol–water partition coefficient (Wildman–Crippen LogP) is 2.93. The van der Waals surface area contributed by atoms with Crippen molar-refractivity contribution in [1.29, 1.82) is 0 Å². The molecule has 140 valence electrons. The zero-order chi connectivity index (χ0) is 18.1. The third kappa shape index (κ3) is 6.64. The Balaban J connectivity index is 2.05. The number of sulfonamides is 1. The van der Waals surface area contributed by atoms with Crippen LogP contribution < -0.4 is 10.0 Å². The molecule has 0 aromatic heterocycles. The van der Waals surface area contributed by atoms with Crippen LogP contribution >= 0.6 is 11.8 Å². The van der Waals surface area contributed by atoms with Gasteiger partial charge in [0.25, 0.3) is 0 Å². The summed E-state index contributed by atoms with van der Waals surface area (Å²) >= 11 is 1.60. The number of thioether (sulfide) groups is 1. The summed E-state index contributed by atoms with van der Waals surface area (Å²) in [5.41, 5.74) is 0. The van der Waals surface area contributed by atoms with Gasteiger partial charge >= 0.3 is 0 Å².